The molecule has 2 aromatic rings. The van der Waals surface area contributed by atoms with Gasteiger partial charge in [-0.1, -0.05) is 22.0 Å². The highest BCUT2D eigenvalue weighted by atomic mass is 79.9. The topological polar surface area (TPSA) is 50.8 Å². The molecule has 2 aromatic carbocycles. The fourth-order valence-electron chi connectivity index (χ4n) is 4.02. The van der Waals surface area contributed by atoms with E-state index < -0.39 is 5.72 Å². The molecule has 0 radical (unpaired) electrons. The van der Waals surface area contributed by atoms with Crippen LogP contribution in [0.15, 0.2) is 34.8 Å². The van der Waals surface area contributed by atoms with Crippen LogP contribution in [-0.4, -0.2) is 18.9 Å². The van der Waals surface area contributed by atoms with Crippen molar-refractivity contribution in [2.75, 3.05) is 12.0 Å². The Bertz CT molecular complexity index is 894. The average molecular weight is 417 g/mol. The van der Waals surface area contributed by atoms with E-state index in [-0.39, 0.29) is 12.1 Å². The molecule has 0 unspecified atom stereocenters. The second-order valence-electron chi connectivity index (χ2n) is 7.19. The van der Waals surface area contributed by atoms with Gasteiger partial charge in [0.15, 0.2) is 17.2 Å². The van der Waals surface area contributed by atoms with Gasteiger partial charge in [0.1, 0.15) is 0 Å². The summed E-state index contributed by atoms with van der Waals surface area (Å²) in [5, 5.41) is 3.13. The summed E-state index contributed by atoms with van der Waals surface area (Å²) in [7, 11) is 1.62. The van der Waals surface area contributed by atoms with Gasteiger partial charge in [-0.2, -0.15) is 0 Å². The number of carbonyl (C=O) groups is 1. The molecule has 1 N–H and O–H groups in total. The molecule has 2 atom stereocenters. The maximum atomic E-state index is 13.0. The lowest BCUT2D eigenvalue weighted by Gasteiger charge is -2.50. The predicted octanol–water partition coefficient (Wildman–Crippen LogP) is 4.84. The lowest BCUT2D eigenvalue weighted by molar-refractivity contribution is 0.0349. The highest BCUT2D eigenvalue weighted by molar-refractivity contribution is 9.10. The van der Waals surface area contributed by atoms with E-state index in [9.17, 15) is 4.79 Å². The first-order chi connectivity index (χ1) is 12.3. The summed E-state index contributed by atoms with van der Waals surface area (Å²) in [4.78, 5) is 14.7. The summed E-state index contributed by atoms with van der Waals surface area (Å²) in [5.41, 5.74) is 3.19. The Morgan fingerprint density at radius 2 is 1.92 bits per heavy atom. The number of fused-ring (bicyclic) bond motifs is 4. The lowest BCUT2D eigenvalue weighted by Crippen LogP contribution is -2.65. The molecule has 6 heteroatoms. The van der Waals surface area contributed by atoms with E-state index in [1.807, 2.05) is 45.0 Å². The molecule has 1 saturated heterocycles. The maximum Gasteiger partial charge on any atom is 0.325 e. The Morgan fingerprint density at radius 1 is 1.23 bits per heavy atom. The van der Waals surface area contributed by atoms with E-state index in [1.165, 1.54) is 0 Å². The quantitative estimate of drug-likeness (QED) is 0.761. The van der Waals surface area contributed by atoms with Crippen LogP contribution >= 0.6 is 15.9 Å². The second-order valence-corrected chi connectivity index (χ2v) is 8.11. The predicted molar refractivity (Wildman–Crippen MR) is 104 cm³/mol. The van der Waals surface area contributed by atoms with E-state index in [4.69, 9.17) is 9.47 Å². The first-order valence-corrected chi connectivity index (χ1v) is 9.35. The van der Waals surface area contributed by atoms with Gasteiger partial charge in [0.25, 0.3) is 0 Å². The van der Waals surface area contributed by atoms with E-state index in [2.05, 4.69) is 27.3 Å². The molecule has 2 aliphatic rings. The molecule has 5 nitrogen and oxygen atoms in total. The minimum absolute atomic E-state index is 0.121. The molecule has 1 fully saturated rings. The van der Waals surface area contributed by atoms with Gasteiger partial charge in [0.05, 0.1) is 13.2 Å². The molecule has 0 saturated carbocycles. The van der Waals surface area contributed by atoms with Crippen LogP contribution in [0.3, 0.4) is 0 Å². The molecule has 4 rings (SSSR count). The Labute approximate surface area is 161 Å². The van der Waals surface area contributed by atoms with E-state index in [0.29, 0.717) is 17.9 Å². The fourth-order valence-corrected chi connectivity index (χ4v) is 4.48. The molecular formula is C20H21BrN2O3. The maximum absolute atomic E-state index is 13.0. The number of hydrogen-bond acceptors (Lipinski definition) is 3. The second kappa shape index (κ2) is 5.91. The van der Waals surface area contributed by atoms with Crippen molar-refractivity contribution in [3.05, 3.63) is 51.5 Å². The molecule has 2 heterocycles. The molecule has 2 aliphatic heterocycles. The van der Waals surface area contributed by atoms with Gasteiger partial charge < -0.3 is 14.8 Å². The van der Waals surface area contributed by atoms with Gasteiger partial charge in [0.2, 0.25) is 0 Å². The number of methoxy groups -OCH3 is 1. The van der Waals surface area contributed by atoms with E-state index in [1.54, 1.807) is 12.0 Å². The third-order valence-corrected chi connectivity index (χ3v) is 5.44. The van der Waals surface area contributed by atoms with Gasteiger partial charge in [-0.05, 0) is 56.2 Å². The molecule has 2 bridgehead atoms. The molecule has 26 heavy (non-hydrogen) atoms. The zero-order valence-electron chi connectivity index (χ0n) is 15.2. The van der Waals surface area contributed by atoms with Gasteiger partial charge >= 0.3 is 6.03 Å². The monoisotopic (exact) mass is 416 g/mol. The highest BCUT2D eigenvalue weighted by Crippen LogP contribution is 2.50. The first kappa shape index (κ1) is 17.2. The number of anilines is 1. The number of rotatable bonds is 2. The summed E-state index contributed by atoms with van der Waals surface area (Å²) in [6, 6.07) is 9.70. The number of aryl methyl sites for hydroxylation is 2. The van der Waals surface area contributed by atoms with Gasteiger partial charge in [-0.25, -0.2) is 4.79 Å². The number of urea groups is 1. The van der Waals surface area contributed by atoms with Crippen LogP contribution in [0, 0.1) is 13.8 Å². The summed E-state index contributed by atoms with van der Waals surface area (Å²) in [5.74, 6) is 1.34. The summed E-state index contributed by atoms with van der Waals surface area (Å²) < 4.78 is 12.8. The smallest absolute Gasteiger partial charge is 0.325 e. The average Bonchev–Trinajstić information content (AvgIpc) is 2.53. The summed E-state index contributed by atoms with van der Waals surface area (Å²) >= 11 is 3.51. The number of carbonyl (C=O) groups excluding carboxylic acids is 1. The normalized spacial score (nSPS) is 23.8. The number of benzene rings is 2. The lowest BCUT2D eigenvalue weighted by atomic mass is 9.89. The van der Waals surface area contributed by atoms with Crippen molar-refractivity contribution in [3.63, 3.8) is 0 Å². The Morgan fingerprint density at radius 3 is 2.58 bits per heavy atom. The number of nitrogens with zero attached hydrogens (tertiary/aromatic N) is 1. The Balaban J connectivity index is 1.85. The largest absolute Gasteiger partial charge is 0.493 e. The van der Waals surface area contributed by atoms with Crippen molar-refractivity contribution in [2.24, 2.45) is 0 Å². The van der Waals surface area contributed by atoms with E-state index in [0.717, 1.165) is 26.9 Å². The Kier molecular flexibility index (Phi) is 3.91. The standard InChI is InChI=1S/C20H21BrN2O3/c1-11-5-12(2)7-14(6-11)23-19(24)22-16-10-20(23,3)26-18-15(16)8-13(21)9-17(18)25-4/h5-9,16H,10H2,1-4H3,(H,22,24)/t16-,20-/m1/s1. The van der Waals surface area contributed by atoms with Crippen LogP contribution < -0.4 is 19.7 Å². The molecular weight excluding hydrogens is 396 g/mol. The van der Waals surface area contributed by atoms with Crippen LogP contribution in [0.4, 0.5) is 10.5 Å². The van der Waals surface area contributed by atoms with Crippen LogP contribution in [0.1, 0.15) is 36.1 Å². The summed E-state index contributed by atoms with van der Waals surface area (Å²) in [6.45, 7) is 6.02. The minimum atomic E-state index is -0.790. The number of halogens is 1. The molecule has 136 valence electrons. The van der Waals surface area contributed by atoms with Crippen LogP contribution in [-0.2, 0) is 0 Å². The van der Waals surface area contributed by atoms with Gasteiger partial charge in [-0.15, -0.1) is 0 Å². The fraction of sp³-hybridized carbons (Fsp3) is 0.350. The van der Waals surface area contributed by atoms with Crippen molar-refractivity contribution in [1.29, 1.82) is 0 Å². The number of ether oxygens (including phenoxy) is 2. The summed E-state index contributed by atoms with van der Waals surface area (Å²) in [6.07, 6.45) is 0.651. The number of hydrogen-bond donors (Lipinski definition) is 1. The number of amides is 2. The number of nitrogens with one attached hydrogen (secondary N) is 1. The van der Waals surface area contributed by atoms with Crippen molar-refractivity contribution in [2.45, 2.75) is 39.0 Å². The molecule has 0 aliphatic carbocycles. The van der Waals surface area contributed by atoms with Crippen molar-refractivity contribution < 1.29 is 14.3 Å². The van der Waals surface area contributed by atoms with Crippen LogP contribution in [0.5, 0.6) is 11.5 Å². The van der Waals surface area contributed by atoms with Gasteiger partial charge in [0, 0.05) is 22.1 Å². The zero-order valence-corrected chi connectivity index (χ0v) is 16.8. The SMILES string of the molecule is COc1cc(Br)cc2c1O[C@]1(C)C[C@H]2NC(=O)N1c1cc(C)cc(C)c1. The van der Waals surface area contributed by atoms with Crippen molar-refractivity contribution in [1.82, 2.24) is 5.32 Å². The molecule has 0 spiro atoms. The Hall–Kier alpha value is -2.21. The minimum Gasteiger partial charge on any atom is -0.493 e. The van der Waals surface area contributed by atoms with Crippen molar-refractivity contribution in [3.8, 4) is 11.5 Å². The van der Waals surface area contributed by atoms with Crippen LogP contribution in [0.25, 0.3) is 0 Å². The van der Waals surface area contributed by atoms with Gasteiger partial charge in [-0.3, -0.25) is 4.90 Å². The highest BCUT2D eigenvalue weighted by Gasteiger charge is 2.50. The third-order valence-electron chi connectivity index (χ3n) is 4.99. The van der Waals surface area contributed by atoms with Crippen LogP contribution in [0.2, 0.25) is 0 Å². The zero-order chi connectivity index (χ0) is 18.6. The molecule has 0 aromatic heterocycles. The third kappa shape index (κ3) is 2.63. The first-order valence-electron chi connectivity index (χ1n) is 8.56. The van der Waals surface area contributed by atoms with Crippen molar-refractivity contribution >= 4 is 27.6 Å². The van der Waals surface area contributed by atoms with E-state index >= 15 is 0 Å². The molecule has 2 amide bonds.